The molecule has 2 aromatic carbocycles. The summed E-state index contributed by atoms with van der Waals surface area (Å²) in [6.07, 6.45) is 10.0. The van der Waals surface area contributed by atoms with Crippen LogP contribution >= 0.6 is 12.4 Å². The summed E-state index contributed by atoms with van der Waals surface area (Å²) in [6, 6.07) is 14.1. The van der Waals surface area contributed by atoms with Crippen molar-refractivity contribution in [3.8, 4) is 34.0 Å². The minimum Gasteiger partial charge on any atom is -0.486 e. The number of likely N-dealkylation sites (tertiary alicyclic amines) is 1. The van der Waals surface area contributed by atoms with Gasteiger partial charge in [0.15, 0.2) is 34.8 Å². The molecule has 2 fully saturated rings. The first-order valence-electron chi connectivity index (χ1n) is 23.8. The third-order valence-electron chi connectivity index (χ3n) is 13.1. The van der Waals surface area contributed by atoms with Crippen LogP contribution in [0.25, 0.3) is 22.5 Å². The molecule has 70 heavy (non-hydrogen) atoms. The van der Waals surface area contributed by atoms with Crippen LogP contribution in [0.5, 0.6) is 11.5 Å². The fraction of sp³-hybridized carbons (Fsp3) is 0.412. The van der Waals surface area contributed by atoms with E-state index in [2.05, 4.69) is 57.8 Å². The molecule has 3 N–H and O–H groups in total. The van der Waals surface area contributed by atoms with Crippen LogP contribution in [0.3, 0.4) is 0 Å². The number of benzene rings is 2. The lowest BCUT2D eigenvalue weighted by Crippen LogP contribution is -2.38. The summed E-state index contributed by atoms with van der Waals surface area (Å²) >= 11 is 0. The highest BCUT2D eigenvalue weighted by Gasteiger charge is 2.28. The molecule has 0 atom stereocenters. The molecule has 370 valence electrons. The maximum atomic E-state index is 14.9. The minimum atomic E-state index is -0.628. The molecule has 2 saturated heterocycles. The van der Waals surface area contributed by atoms with E-state index in [9.17, 15) is 17.6 Å². The first-order valence-corrected chi connectivity index (χ1v) is 23.8. The predicted octanol–water partition coefficient (Wildman–Crippen LogP) is 10.0. The van der Waals surface area contributed by atoms with Crippen molar-refractivity contribution in [1.82, 2.24) is 40.1 Å². The minimum absolute atomic E-state index is 0. The van der Waals surface area contributed by atoms with E-state index in [1.807, 2.05) is 61.8 Å². The number of rotatable bonds is 10. The number of nitrogens with one attached hydrogen (secondary N) is 3. The molecule has 0 radical (unpaired) electrons. The zero-order valence-corrected chi connectivity index (χ0v) is 40.8. The fourth-order valence-electron chi connectivity index (χ4n) is 9.33. The van der Waals surface area contributed by atoms with Crippen molar-refractivity contribution in [3.63, 3.8) is 0 Å². The third-order valence-corrected chi connectivity index (χ3v) is 13.1. The van der Waals surface area contributed by atoms with Gasteiger partial charge in [0.2, 0.25) is 11.9 Å². The van der Waals surface area contributed by atoms with Crippen molar-refractivity contribution in [3.05, 3.63) is 108 Å². The van der Waals surface area contributed by atoms with Gasteiger partial charge < -0.3 is 40.1 Å². The van der Waals surface area contributed by atoms with Gasteiger partial charge in [-0.15, -0.1) is 12.4 Å². The van der Waals surface area contributed by atoms with Crippen molar-refractivity contribution in [1.29, 1.82) is 0 Å². The van der Waals surface area contributed by atoms with E-state index in [0.29, 0.717) is 72.0 Å². The molecule has 0 aliphatic carbocycles. The second-order valence-electron chi connectivity index (χ2n) is 18.5. The van der Waals surface area contributed by atoms with Gasteiger partial charge in [0, 0.05) is 46.4 Å². The highest BCUT2D eigenvalue weighted by Crippen LogP contribution is 2.41. The summed E-state index contributed by atoms with van der Waals surface area (Å²) in [6.45, 7) is 14.3. The fourth-order valence-corrected chi connectivity index (χ4v) is 9.33. The number of halogens is 5. The zero-order chi connectivity index (χ0) is 48.2. The Morgan fingerprint density at radius 3 is 1.43 bits per heavy atom. The van der Waals surface area contributed by atoms with Crippen molar-refractivity contribution >= 4 is 47.1 Å². The van der Waals surface area contributed by atoms with E-state index in [1.165, 1.54) is 12.1 Å². The van der Waals surface area contributed by atoms with Crippen molar-refractivity contribution in [2.45, 2.75) is 77.3 Å². The second-order valence-corrected chi connectivity index (χ2v) is 18.5. The topological polar surface area (TPSA) is 142 Å². The average Bonchev–Trinajstić information content (AvgIpc) is 3.36. The summed E-state index contributed by atoms with van der Waals surface area (Å²) in [7, 11) is 2.14. The van der Waals surface area contributed by atoms with Crippen LogP contribution < -0.4 is 35.2 Å². The molecule has 8 heterocycles. The lowest BCUT2D eigenvalue weighted by atomic mass is 9.93. The van der Waals surface area contributed by atoms with E-state index in [0.717, 1.165) is 75.6 Å². The predicted molar refractivity (Wildman–Crippen MR) is 267 cm³/mol. The molecule has 0 bridgehead atoms. The number of pyridine rings is 2. The van der Waals surface area contributed by atoms with Gasteiger partial charge in [-0.2, -0.15) is 0 Å². The summed E-state index contributed by atoms with van der Waals surface area (Å²) in [5, 5.41) is 9.54. The van der Waals surface area contributed by atoms with E-state index < -0.39 is 23.3 Å². The van der Waals surface area contributed by atoms with Gasteiger partial charge in [0.1, 0.15) is 24.6 Å². The summed E-state index contributed by atoms with van der Waals surface area (Å²) in [5.41, 5.74) is 5.44. The van der Waals surface area contributed by atoms with Crippen LogP contribution in [0.2, 0.25) is 0 Å². The summed E-state index contributed by atoms with van der Waals surface area (Å²) < 4.78 is 70.4. The molecule has 6 aromatic rings. The molecule has 19 heteroatoms. The SMILES string of the molecule is CC(C)N1CCOc2c(F)cc(-c3nc(Nc4ccc(C5CCN(C)CC5)nc4)ncc3F)cc21.CC(C)N1CCOc2c(F)cc(-c3nc(Nc4ccc(C5CCNCC5)nc4)ncc3F)cc21.Cl. The Hall–Kier alpha value is -6.37. The van der Waals surface area contributed by atoms with Gasteiger partial charge in [0.05, 0.1) is 60.6 Å². The number of ether oxygens (including phenoxy) is 2. The van der Waals surface area contributed by atoms with Gasteiger partial charge >= 0.3 is 0 Å². The Labute approximate surface area is 412 Å². The third kappa shape index (κ3) is 11.3. The number of piperidine rings is 2. The lowest BCUT2D eigenvalue weighted by molar-refractivity contribution is 0.253. The van der Waals surface area contributed by atoms with E-state index in [4.69, 9.17) is 9.47 Å². The maximum absolute atomic E-state index is 14.9. The smallest absolute Gasteiger partial charge is 0.227 e. The normalized spacial score (nSPS) is 16.3. The van der Waals surface area contributed by atoms with Crippen LogP contribution in [0, 0.1) is 23.3 Å². The Bertz CT molecular complexity index is 2740. The Kier molecular flexibility index (Phi) is 15.8. The van der Waals surface area contributed by atoms with Crippen LogP contribution in [0.15, 0.2) is 73.3 Å². The second kappa shape index (κ2) is 22.2. The Morgan fingerprint density at radius 2 is 1.01 bits per heavy atom. The maximum Gasteiger partial charge on any atom is 0.227 e. The molecule has 0 saturated carbocycles. The zero-order valence-electron chi connectivity index (χ0n) is 40.0. The molecule has 4 aromatic heterocycles. The quantitative estimate of drug-likeness (QED) is 0.112. The highest BCUT2D eigenvalue weighted by molar-refractivity contribution is 5.85. The van der Waals surface area contributed by atoms with E-state index in [1.54, 1.807) is 24.5 Å². The number of hydrogen-bond donors (Lipinski definition) is 3. The number of fused-ring (bicyclic) bond motifs is 2. The Balaban J connectivity index is 0.000000186. The first kappa shape index (κ1) is 50.0. The summed E-state index contributed by atoms with van der Waals surface area (Å²) in [4.78, 5) is 32.5. The van der Waals surface area contributed by atoms with Gasteiger partial charge in [-0.25, -0.2) is 37.5 Å². The molecule has 14 nitrogen and oxygen atoms in total. The number of nitrogens with zero attached hydrogens (tertiary/aromatic N) is 9. The first-order chi connectivity index (χ1) is 33.4. The van der Waals surface area contributed by atoms with Gasteiger partial charge in [-0.1, -0.05) is 0 Å². The Morgan fingerprint density at radius 1 is 0.571 bits per heavy atom. The number of hydrogen-bond acceptors (Lipinski definition) is 14. The van der Waals surface area contributed by atoms with Crippen LogP contribution in [0.4, 0.5) is 52.2 Å². The highest BCUT2D eigenvalue weighted by atomic mass is 35.5. The van der Waals surface area contributed by atoms with Crippen molar-refractivity contribution < 1.29 is 27.0 Å². The molecule has 4 aliphatic heterocycles. The largest absolute Gasteiger partial charge is 0.486 e. The van der Waals surface area contributed by atoms with Gasteiger partial charge in [-0.3, -0.25) is 9.97 Å². The monoisotopic (exact) mass is 982 g/mol. The standard InChI is InChI=1S/C26H30F2N6O.C25H28F2N6O.ClH/c1-16(2)34-10-11-35-25-20(27)12-18(13-23(25)34)24-21(28)15-30-26(32-24)31-19-4-5-22(29-14-19)17-6-8-33(3)9-7-17;1-15(2)33-9-10-34-24-19(26)11-17(12-22(24)33)23-20(27)14-30-25(32-23)31-18-3-4-21(29-13-18)16-5-7-28-8-6-16;/h4-5,12-17H,6-11H2,1-3H3,(H,30,31,32);3-4,11-16,28H,5-10H2,1-2H3,(H,30,31,32);1H. The van der Waals surface area contributed by atoms with E-state index >= 15 is 0 Å². The average molecular weight is 984 g/mol. The lowest BCUT2D eigenvalue weighted by Gasteiger charge is -2.34. The van der Waals surface area contributed by atoms with E-state index in [-0.39, 0.29) is 59.3 Å². The van der Waals surface area contributed by atoms with Crippen LogP contribution in [0.1, 0.15) is 76.6 Å². The molecular weight excluding hydrogens is 924 g/mol. The molecule has 10 rings (SSSR count). The van der Waals surface area contributed by atoms with Crippen LogP contribution in [-0.2, 0) is 0 Å². The molecular formula is C51H59ClF4N12O2. The molecule has 0 spiro atoms. The van der Waals surface area contributed by atoms with Gasteiger partial charge in [-0.05, 0) is 135 Å². The van der Waals surface area contributed by atoms with Crippen LogP contribution in [-0.4, -0.2) is 106 Å². The van der Waals surface area contributed by atoms with Crippen molar-refractivity contribution in [2.75, 3.05) is 80.0 Å². The number of aromatic nitrogens is 6. The molecule has 4 aliphatic rings. The van der Waals surface area contributed by atoms with Gasteiger partial charge in [0.25, 0.3) is 0 Å². The molecule has 0 amide bonds. The summed E-state index contributed by atoms with van der Waals surface area (Å²) in [5.74, 6) is -0.607. The molecule has 0 unspecified atom stereocenters. The van der Waals surface area contributed by atoms with Crippen molar-refractivity contribution in [2.24, 2.45) is 0 Å². The number of anilines is 6.